The minimum absolute atomic E-state index is 0.0320. The zero-order chi connectivity index (χ0) is 12.1. The van der Waals surface area contributed by atoms with Crippen molar-refractivity contribution in [3.05, 3.63) is 41.7 Å². The lowest BCUT2D eigenvalue weighted by Gasteiger charge is -2.15. The van der Waals surface area contributed by atoms with Crippen LogP contribution in [0.1, 0.15) is 17.4 Å². The van der Waals surface area contributed by atoms with Gasteiger partial charge in [0.15, 0.2) is 5.82 Å². The molecule has 0 spiro atoms. The first-order valence-corrected chi connectivity index (χ1v) is 5.41. The van der Waals surface area contributed by atoms with E-state index < -0.39 is 0 Å². The Bertz CT molecular complexity index is 456. The molecule has 0 aliphatic rings. The second kappa shape index (κ2) is 5.51. The largest absolute Gasteiger partial charge is 0.394 e. The Morgan fingerprint density at radius 1 is 1.35 bits per heavy atom. The molecule has 0 bridgehead atoms. The Balaban J connectivity index is 1.97. The van der Waals surface area contributed by atoms with Crippen molar-refractivity contribution in [1.29, 1.82) is 0 Å². The molecule has 1 aromatic heterocycles. The van der Waals surface area contributed by atoms with E-state index in [9.17, 15) is 5.11 Å². The van der Waals surface area contributed by atoms with Gasteiger partial charge in [-0.3, -0.25) is 0 Å². The van der Waals surface area contributed by atoms with E-state index in [0.29, 0.717) is 12.4 Å². The van der Waals surface area contributed by atoms with E-state index in [4.69, 9.17) is 0 Å². The summed E-state index contributed by atoms with van der Waals surface area (Å²) in [4.78, 5) is 1.41. The lowest BCUT2D eigenvalue weighted by Crippen LogP contribution is -2.24. The minimum Gasteiger partial charge on any atom is -0.394 e. The Morgan fingerprint density at radius 2 is 2.12 bits per heavy atom. The maximum Gasteiger partial charge on any atom is 0.188 e. The van der Waals surface area contributed by atoms with Crippen LogP contribution in [-0.4, -0.2) is 31.9 Å². The molecule has 0 aliphatic carbocycles. The number of nitrogens with zero attached hydrogens (tertiary/aromatic N) is 4. The third-order valence-electron chi connectivity index (χ3n) is 2.44. The number of rotatable bonds is 5. The first kappa shape index (κ1) is 11.7. The van der Waals surface area contributed by atoms with Crippen LogP contribution >= 0.6 is 0 Å². The van der Waals surface area contributed by atoms with Crippen molar-refractivity contribution in [3.8, 4) is 0 Å². The molecule has 0 radical (unpaired) electrons. The predicted molar refractivity (Wildman–Crippen MR) is 61.9 cm³/mol. The standard InChI is InChI=1S/C11H15N5O/c1-16-14-11(13-15-16)7-12-10(8-17)9-5-3-2-4-6-9/h2-6,10,12,17H,7-8H2,1H3. The van der Waals surface area contributed by atoms with E-state index in [-0.39, 0.29) is 12.6 Å². The van der Waals surface area contributed by atoms with Gasteiger partial charge < -0.3 is 10.4 Å². The van der Waals surface area contributed by atoms with Gasteiger partial charge in [-0.1, -0.05) is 30.3 Å². The molecule has 1 unspecified atom stereocenters. The summed E-state index contributed by atoms with van der Waals surface area (Å²) in [5, 5.41) is 24.2. The van der Waals surface area contributed by atoms with Crippen molar-refractivity contribution in [2.24, 2.45) is 7.05 Å². The summed E-state index contributed by atoms with van der Waals surface area (Å²) in [6.45, 7) is 0.512. The maximum atomic E-state index is 9.34. The van der Waals surface area contributed by atoms with Crippen molar-refractivity contribution >= 4 is 0 Å². The van der Waals surface area contributed by atoms with Crippen LogP contribution in [0.5, 0.6) is 0 Å². The van der Waals surface area contributed by atoms with Crippen LogP contribution < -0.4 is 5.32 Å². The van der Waals surface area contributed by atoms with Gasteiger partial charge in [0.25, 0.3) is 0 Å². The lowest BCUT2D eigenvalue weighted by molar-refractivity contribution is 0.243. The highest BCUT2D eigenvalue weighted by atomic mass is 16.3. The summed E-state index contributed by atoms with van der Waals surface area (Å²) in [5.74, 6) is 0.613. The maximum absolute atomic E-state index is 9.34. The predicted octanol–water partition coefficient (Wildman–Crippen LogP) is 0.0333. The van der Waals surface area contributed by atoms with E-state index in [1.54, 1.807) is 7.05 Å². The number of aromatic nitrogens is 4. The number of nitrogens with one attached hydrogen (secondary N) is 1. The number of hydrogen-bond donors (Lipinski definition) is 2. The Hall–Kier alpha value is -1.79. The zero-order valence-corrected chi connectivity index (χ0v) is 9.61. The number of hydrogen-bond acceptors (Lipinski definition) is 5. The summed E-state index contributed by atoms with van der Waals surface area (Å²) in [6.07, 6.45) is 0. The van der Waals surface area contributed by atoms with Crippen LogP contribution in [0, 0.1) is 0 Å². The van der Waals surface area contributed by atoms with Crippen LogP contribution in [0.4, 0.5) is 0 Å². The Morgan fingerprint density at radius 3 is 2.71 bits per heavy atom. The van der Waals surface area contributed by atoms with E-state index in [1.807, 2.05) is 30.3 Å². The fourth-order valence-corrected chi connectivity index (χ4v) is 1.58. The number of aliphatic hydroxyl groups excluding tert-OH is 1. The van der Waals surface area contributed by atoms with Gasteiger partial charge in [0.05, 0.1) is 26.2 Å². The van der Waals surface area contributed by atoms with E-state index in [2.05, 4.69) is 20.7 Å². The topological polar surface area (TPSA) is 75.9 Å². The van der Waals surface area contributed by atoms with Crippen LogP contribution in [-0.2, 0) is 13.6 Å². The molecule has 6 nitrogen and oxygen atoms in total. The second-order valence-electron chi connectivity index (χ2n) is 3.72. The van der Waals surface area contributed by atoms with Gasteiger partial charge in [-0.2, -0.15) is 4.80 Å². The molecule has 0 saturated carbocycles. The fraction of sp³-hybridized carbons (Fsp3) is 0.364. The molecule has 2 rings (SSSR count). The van der Waals surface area contributed by atoms with Crippen molar-refractivity contribution < 1.29 is 5.11 Å². The molecule has 0 amide bonds. The molecular formula is C11H15N5O. The van der Waals surface area contributed by atoms with Crippen LogP contribution in [0.25, 0.3) is 0 Å². The number of aliphatic hydroxyl groups is 1. The SMILES string of the molecule is Cn1nnc(CNC(CO)c2ccccc2)n1. The molecule has 0 aliphatic heterocycles. The van der Waals surface area contributed by atoms with E-state index in [1.165, 1.54) is 4.80 Å². The Labute approximate surface area is 99.3 Å². The Kier molecular flexibility index (Phi) is 3.79. The molecule has 2 aromatic rings. The average molecular weight is 233 g/mol. The van der Waals surface area contributed by atoms with Crippen molar-refractivity contribution in [1.82, 2.24) is 25.5 Å². The summed E-state index contributed by atoms with van der Waals surface area (Å²) in [6, 6.07) is 9.67. The van der Waals surface area contributed by atoms with Gasteiger partial charge in [0.2, 0.25) is 0 Å². The molecule has 1 atom stereocenters. The first-order valence-electron chi connectivity index (χ1n) is 5.41. The molecule has 0 fully saturated rings. The molecular weight excluding hydrogens is 218 g/mol. The van der Waals surface area contributed by atoms with Crippen LogP contribution in [0.15, 0.2) is 30.3 Å². The van der Waals surface area contributed by atoms with Gasteiger partial charge in [-0.15, -0.1) is 10.2 Å². The minimum atomic E-state index is -0.111. The fourth-order valence-electron chi connectivity index (χ4n) is 1.58. The average Bonchev–Trinajstić information content (AvgIpc) is 2.77. The second-order valence-corrected chi connectivity index (χ2v) is 3.72. The van der Waals surface area contributed by atoms with Crippen molar-refractivity contribution in [2.75, 3.05) is 6.61 Å². The van der Waals surface area contributed by atoms with Crippen molar-refractivity contribution in [3.63, 3.8) is 0 Å². The lowest BCUT2D eigenvalue weighted by atomic mass is 10.1. The molecule has 1 aromatic carbocycles. The van der Waals surface area contributed by atoms with E-state index >= 15 is 0 Å². The third-order valence-corrected chi connectivity index (χ3v) is 2.44. The summed E-state index contributed by atoms with van der Waals surface area (Å²) >= 11 is 0. The van der Waals surface area contributed by atoms with Gasteiger partial charge in [-0.25, -0.2) is 0 Å². The summed E-state index contributed by atoms with van der Waals surface area (Å²) in [7, 11) is 1.72. The summed E-state index contributed by atoms with van der Waals surface area (Å²) in [5.41, 5.74) is 1.04. The normalized spacial score (nSPS) is 12.6. The van der Waals surface area contributed by atoms with Gasteiger partial charge in [0.1, 0.15) is 0 Å². The number of aryl methyl sites for hydroxylation is 1. The highest BCUT2D eigenvalue weighted by molar-refractivity contribution is 5.18. The molecule has 6 heteroatoms. The number of tetrazole rings is 1. The molecule has 1 heterocycles. The highest BCUT2D eigenvalue weighted by Gasteiger charge is 2.10. The highest BCUT2D eigenvalue weighted by Crippen LogP contribution is 2.11. The smallest absolute Gasteiger partial charge is 0.188 e. The first-order chi connectivity index (χ1) is 8.29. The molecule has 17 heavy (non-hydrogen) atoms. The quantitative estimate of drug-likeness (QED) is 0.762. The van der Waals surface area contributed by atoms with Crippen LogP contribution in [0.3, 0.4) is 0 Å². The van der Waals surface area contributed by atoms with Gasteiger partial charge in [-0.05, 0) is 10.8 Å². The van der Waals surface area contributed by atoms with E-state index in [0.717, 1.165) is 5.56 Å². The molecule has 90 valence electrons. The molecule has 2 N–H and O–H groups in total. The van der Waals surface area contributed by atoms with Crippen molar-refractivity contribution in [2.45, 2.75) is 12.6 Å². The van der Waals surface area contributed by atoms with Crippen LogP contribution in [0.2, 0.25) is 0 Å². The summed E-state index contributed by atoms with van der Waals surface area (Å²) < 4.78 is 0. The monoisotopic (exact) mass is 233 g/mol. The van der Waals surface area contributed by atoms with Gasteiger partial charge in [0, 0.05) is 0 Å². The number of benzene rings is 1. The zero-order valence-electron chi connectivity index (χ0n) is 9.61. The molecule has 0 saturated heterocycles. The van der Waals surface area contributed by atoms with Gasteiger partial charge >= 0.3 is 0 Å². The third kappa shape index (κ3) is 3.08.